The van der Waals surface area contributed by atoms with E-state index < -0.39 is 80.8 Å². The highest BCUT2D eigenvalue weighted by atomic mass is 32.2. The Balaban J connectivity index is 2.09. The molecular formula is C16H11F7N2O4S. The van der Waals surface area contributed by atoms with Crippen molar-refractivity contribution in [2.24, 2.45) is 0 Å². The van der Waals surface area contributed by atoms with Crippen molar-refractivity contribution < 1.29 is 49.1 Å². The zero-order valence-corrected chi connectivity index (χ0v) is 15.3. The summed E-state index contributed by atoms with van der Waals surface area (Å²) in [6.45, 7) is 0. The fourth-order valence-electron chi connectivity index (χ4n) is 3.13. The number of aromatic nitrogens is 1. The lowest BCUT2D eigenvalue weighted by molar-refractivity contribution is -0.140. The molecule has 0 atom stereocenters. The molecule has 0 bridgehead atoms. The Morgan fingerprint density at radius 3 is 2.37 bits per heavy atom. The normalized spacial score (nSPS) is 16.2. The number of hydrogen-bond acceptors (Lipinski definition) is 3. The van der Waals surface area contributed by atoms with Gasteiger partial charge in [-0.25, -0.2) is 30.8 Å². The van der Waals surface area contributed by atoms with E-state index in [1.54, 1.807) is 0 Å². The predicted molar refractivity (Wildman–Crippen MR) is 86.9 cm³/mol. The van der Waals surface area contributed by atoms with Gasteiger partial charge in [-0.3, -0.25) is 4.72 Å². The number of H-pyrrole nitrogens is 1. The maximum Gasteiger partial charge on any atom is 0.419 e. The van der Waals surface area contributed by atoms with Crippen LogP contribution < -0.4 is 4.72 Å². The lowest BCUT2D eigenvalue weighted by Crippen LogP contribution is -2.27. The van der Waals surface area contributed by atoms with Gasteiger partial charge in [-0.1, -0.05) is 0 Å². The van der Waals surface area contributed by atoms with Crippen LogP contribution in [0.25, 0.3) is 0 Å². The number of hydrogen-bond donors (Lipinski definition) is 3. The summed E-state index contributed by atoms with van der Waals surface area (Å²) >= 11 is 0. The van der Waals surface area contributed by atoms with Crippen LogP contribution in [0.5, 0.6) is 0 Å². The van der Waals surface area contributed by atoms with Crippen molar-refractivity contribution in [2.45, 2.75) is 36.3 Å². The Hall–Kier alpha value is -2.77. The van der Waals surface area contributed by atoms with Crippen LogP contribution >= 0.6 is 0 Å². The third-order valence-corrected chi connectivity index (χ3v) is 5.88. The summed E-state index contributed by atoms with van der Waals surface area (Å²) in [6, 6.07) is -0.318. The summed E-state index contributed by atoms with van der Waals surface area (Å²) in [5.41, 5.74) is -4.82. The highest BCUT2D eigenvalue weighted by Crippen LogP contribution is 2.39. The first-order valence-corrected chi connectivity index (χ1v) is 9.54. The van der Waals surface area contributed by atoms with Crippen LogP contribution in [0, 0.1) is 11.6 Å². The molecule has 0 fully saturated rings. The maximum absolute atomic E-state index is 14.0. The van der Waals surface area contributed by atoms with Crippen LogP contribution in [0.1, 0.15) is 33.7 Å². The number of nitrogens with one attached hydrogen (secondary N) is 2. The maximum atomic E-state index is 14.0. The summed E-state index contributed by atoms with van der Waals surface area (Å²) < 4.78 is 120. The second kappa shape index (κ2) is 6.89. The number of aromatic amines is 1. The molecule has 0 radical (unpaired) electrons. The zero-order valence-electron chi connectivity index (χ0n) is 14.5. The predicted octanol–water partition coefficient (Wildman–Crippen LogP) is 3.93. The van der Waals surface area contributed by atoms with Crippen LogP contribution in [0.2, 0.25) is 0 Å². The van der Waals surface area contributed by atoms with Crippen molar-refractivity contribution in [2.75, 3.05) is 4.72 Å². The molecule has 164 valence electrons. The van der Waals surface area contributed by atoms with Crippen LogP contribution in [0.3, 0.4) is 0 Å². The van der Waals surface area contributed by atoms with Crippen LogP contribution in [0.15, 0.2) is 17.0 Å². The lowest BCUT2D eigenvalue weighted by atomic mass is 9.95. The number of aromatic carboxylic acids is 1. The zero-order chi connectivity index (χ0) is 22.6. The van der Waals surface area contributed by atoms with Crippen molar-refractivity contribution in [3.63, 3.8) is 0 Å². The van der Waals surface area contributed by atoms with Crippen molar-refractivity contribution in [1.82, 2.24) is 4.98 Å². The number of carboxylic acid groups (broad SMARTS) is 1. The molecule has 1 aromatic heterocycles. The average Bonchev–Trinajstić information content (AvgIpc) is 2.95. The molecule has 0 saturated heterocycles. The molecule has 3 N–H and O–H groups in total. The van der Waals surface area contributed by atoms with Gasteiger partial charge in [0, 0.05) is 18.2 Å². The van der Waals surface area contributed by atoms with E-state index in [-0.39, 0.29) is 23.4 Å². The fraction of sp³-hybridized carbons (Fsp3) is 0.312. The van der Waals surface area contributed by atoms with E-state index >= 15 is 0 Å². The highest BCUT2D eigenvalue weighted by Gasteiger charge is 2.41. The molecule has 0 spiro atoms. The van der Waals surface area contributed by atoms with Gasteiger partial charge in [-0.2, -0.15) is 13.2 Å². The van der Waals surface area contributed by atoms with E-state index in [1.165, 1.54) is 4.72 Å². The Labute approximate surface area is 163 Å². The summed E-state index contributed by atoms with van der Waals surface area (Å²) in [7, 11) is -5.01. The van der Waals surface area contributed by atoms with Crippen LogP contribution in [-0.4, -0.2) is 30.4 Å². The fourth-order valence-corrected chi connectivity index (χ4v) is 4.63. The van der Waals surface area contributed by atoms with E-state index in [2.05, 4.69) is 4.98 Å². The number of carbonyl (C=O) groups is 1. The highest BCUT2D eigenvalue weighted by molar-refractivity contribution is 7.92. The van der Waals surface area contributed by atoms with E-state index in [1.807, 2.05) is 0 Å². The van der Waals surface area contributed by atoms with Crippen LogP contribution in [0.4, 0.5) is 36.4 Å². The number of anilines is 1. The van der Waals surface area contributed by atoms with Gasteiger partial charge >= 0.3 is 12.1 Å². The smallest absolute Gasteiger partial charge is 0.419 e. The van der Waals surface area contributed by atoms with Gasteiger partial charge in [0.15, 0.2) is 0 Å². The van der Waals surface area contributed by atoms with E-state index in [0.717, 1.165) is 0 Å². The molecule has 0 saturated carbocycles. The van der Waals surface area contributed by atoms with E-state index in [4.69, 9.17) is 0 Å². The number of alkyl halides is 5. The van der Waals surface area contributed by atoms with Crippen molar-refractivity contribution in [1.29, 1.82) is 0 Å². The second-order valence-electron chi connectivity index (χ2n) is 6.54. The summed E-state index contributed by atoms with van der Waals surface area (Å²) in [4.78, 5) is 12.5. The Kier molecular flexibility index (Phi) is 5.04. The number of fused-ring (bicyclic) bond motifs is 1. The molecule has 14 heteroatoms. The first kappa shape index (κ1) is 21.9. The Morgan fingerprint density at radius 2 is 1.80 bits per heavy atom. The van der Waals surface area contributed by atoms with Gasteiger partial charge in [0.2, 0.25) is 0 Å². The number of carboxylic acids is 1. The molecule has 1 aliphatic carbocycles. The summed E-state index contributed by atoms with van der Waals surface area (Å²) in [6.07, 6.45) is -7.54. The van der Waals surface area contributed by atoms with Gasteiger partial charge in [-0.05, 0) is 18.1 Å². The van der Waals surface area contributed by atoms with Crippen LogP contribution in [-0.2, 0) is 29.0 Å². The van der Waals surface area contributed by atoms with Crippen molar-refractivity contribution >= 4 is 21.7 Å². The van der Waals surface area contributed by atoms with Gasteiger partial charge in [0.1, 0.15) is 22.2 Å². The van der Waals surface area contributed by atoms with Crippen molar-refractivity contribution in [3.8, 4) is 0 Å². The monoisotopic (exact) mass is 460 g/mol. The van der Waals surface area contributed by atoms with Gasteiger partial charge < -0.3 is 10.1 Å². The van der Waals surface area contributed by atoms with Crippen molar-refractivity contribution in [3.05, 3.63) is 46.3 Å². The molecule has 0 unspecified atom stereocenters. The summed E-state index contributed by atoms with van der Waals surface area (Å²) in [5, 5.41) is 9.23. The first-order valence-electron chi connectivity index (χ1n) is 8.06. The van der Waals surface area contributed by atoms with Gasteiger partial charge in [0.05, 0.1) is 17.7 Å². The quantitative estimate of drug-likeness (QED) is 0.602. The Bertz CT molecular complexity index is 1140. The molecule has 0 amide bonds. The number of sulfonamides is 1. The topological polar surface area (TPSA) is 99.3 Å². The third-order valence-electron chi connectivity index (χ3n) is 4.41. The molecule has 30 heavy (non-hydrogen) atoms. The molecule has 1 aliphatic rings. The first-order chi connectivity index (χ1) is 13.6. The minimum absolute atomic E-state index is 0.0522. The van der Waals surface area contributed by atoms with E-state index in [0.29, 0.717) is 0 Å². The Morgan fingerprint density at radius 1 is 1.17 bits per heavy atom. The number of benzene rings is 1. The number of halogens is 7. The summed E-state index contributed by atoms with van der Waals surface area (Å²) in [5.74, 6) is -8.80. The molecular weight excluding hydrogens is 449 g/mol. The van der Waals surface area contributed by atoms with E-state index in [9.17, 15) is 49.1 Å². The molecule has 0 aliphatic heterocycles. The molecule has 1 heterocycles. The molecule has 3 rings (SSSR count). The van der Waals surface area contributed by atoms with Gasteiger partial charge in [-0.15, -0.1) is 0 Å². The third kappa shape index (κ3) is 3.95. The molecule has 1 aromatic carbocycles. The van der Waals surface area contributed by atoms with Gasteiger partial charge in [0.25, 0.3) is 15.9 Å². The average molecular weight is 460 g/mol. The largest absolute Gasteiger partial charge is 0.477 e. The molecule has 2 aromatic rings. The number of rotatable bonds is 4. The SMILES string of the molecule is O=C(O)c1[nH]c2c(c1S(=O)(=O)Nc1cc(F)c(C(F)(F)F)cc1F)CCC(F)(F)C2. The standard InChI is InChI=1S/C16H11F7N2O4S/c17-8-4-10(9(18)3-7(8)16(21,22)23)25-30(28,29)13-6-1-2-15(19,20)5-11(6)24-12(13)14(26)27/h3-4,24-25H,1-2,5H2,(H,26,27). The minimum atomic E-state index is -5.25. The second-order valence-corrected chi connectivity index (χ2v) is 8.16. The lowest BCUT2D eigenvalue weighted by Gasteiger charge is -2.22. The molecule has 6 nitrogen and oxygen atoms in total. The minimum Gasteiger partial charge on any atom is -0.477 e.